The summed E-state index contributed by atoms with van der Waals surface area (Å²) >= 11 is 5.87. The monoisotopic (exact) mass is 289 g/mol. The van der Waals surface area contributed by atoms with Crippen LogP contribution in [-0.2, 0) is 18.4 Å². The number of carbonyl (C=O) groups is 1. The number of aromatic nitrogens is 2. The Labute approximate surface area is 122 Å². The molecule has 5 heteroatoms. The smallest absolute Gasteiger partial charge is 0.224 e. The lowest BCUT2D eigenvalue weighted by molar-refractivity contribution is -0.122. The van der Waals surface area contributed by atoms with E-state index < -0.39 is 0 Å². The predicted molar refractivity (Wildman–Crippen MR) is 77.4 cm³/mol. The van der Waals surface area contributed by atoms with Crippen LogP contribution in [0.15, 0.2) is 36.5 Å². The highest BCUT2D eigenvalue weighted by Gasteiger charge is 2.43. The first kappa shape index (κ1) is 13.2. The minimum absolute atomic E-state index is 0.0874. The van der Waals surface area contributed by atoms with Crippen LogP contribution in [0.25, 0.3) is 0 Å². The van der Waals surface area contributed by atoms with Crippen LogP contribution in [-0.4, -0.2) is 15.7 Å². The molecule has 104 valence electrons. The van der Waals surface area contributed by atoms with Crippen LogP contribution in [0, 0.1) is 5.92 Å². The Morgan fingerprint density at radius 1 is 1.40 bits per heavy atom. The maximum Gasteiger partial charge on any atom is 0.224 e. The number of nitrogens with one attached hydrogen (secondary N) is 1. The lowest BCUT2D eigenvalue weighted by Gasteiger charge is -2.05. The third-order valence-corrected chi connectivity index (χ3v) is 4.04. The Bertz CT molecular complexity index is 620. The van der Waals surface area contributed by atoms with Gasteiger partial charge in [-0.1, -0.05) is 23.7 Å². The molecule has 2 atom stereocenters. The minimum Gasteiger partial charge on any atom is -0.350 e. The van der Waals surface area contributed by atoms with Gasteiger partial charge in [0.2, 0.25) is 5.91 Å². The summed E-state index contributed by atoms with van der Waals surface area (Å²) in [4.78, 5) is 12.1. The number of hydrogen-bond acceptors (Lipinski definition) is 2. The van der Waals surface area contributed by atoms with Gasteiger partial charge in [0.05, 0.1) is 12.2 Å². The van der Waals surface area contributed by atoms with Crippen molar-refractivity contribution in [1.82, 2.24) is 15.1 Å². The van der Waals surface area contributed by atoms with Crippen LogP contribution < -0.4 is 5.32 Å². The highest BCUT2D eigenvalue weighted by atomic mass is 35.5. The van der Waals surface area contributed by atoms with Crippen molar-refractivity contribution >= 4 is 17.5 Å². The first-order chi connectivity index (χ1) is 9.65. The highest BCUT2D eigenvalue weighted by molar-refractivity contribution is 6.30. The Kier molecular flexibility index (Phi) is 3.49. The number of aryl methyl sites for hydroxylation is 1. The second-order valence-corrected chi connectivity index (χ2v) is 5.60. The Hall–Kier alpha value is -1.81. The molecule has 0 spiro atoms. The van der Waals surface area contributed by atoms with E-state index in [4.69, 9.17) is 11.6 Å². The van der Waals surface area contributed by atoms with Crippen LogP contribution in [0.2, 0.25) is 5.02 Å². The lowest BCUT2D eigenvalue weighted by Crippen LogP contribution is -2.25. The molecule has 1 aliphatic carbocycles. The fourth-order valence-electron chi connectivity index (χ4n) is 2.45. The average Bonchev–Trinajstić information content (AvgIpc) is 3.14. The second kappa shape index (κ2) is 5.29. The van der Waals surface area contributed by atoms with Gasteiger partial charge in [0.1, 0.15) is 0 Å². The van der Waals surface area contributed by atoms with Crippen molar-refractivity contribution in [2.75, 3.05) is 0 Å². The molecule has 3 rings (SSSR count). The van der Waals surface area contributed by atoms with Crippen molar-refractivity contribution in [3.8, 4) is 0 Å². The van der Waals surface area contributed by atoms with E-state index in [1.165, 1.54) is 5.56 Å². The van der Waals surface area contributed by atoms with Crippen molar-refractivity contribution < 1.29 is 4.79 Å². The molecule has 1 amide bonds. The molecule has 4 nitrogen and oxygen atoms in total. The van der Waals surface area contributed by atoms with Crippen molar-refractivity contribution in [2.24, 2.45) is 13.0 Å². The zero-order valence-corrected chi connectivity index (χ0v) is 12.0. The van der Waals surface area contributed by atoms with E-state index >= 15 is 0 Å². The van der Waals surface area contributed by atoms with Gasteiger partial charge in [0.25, 0.3) is 0 Å². The molecule has 1 aliphatic rings. The number of rotatable bonds is 4. The largest absolute Gasteiger partial charge is 0.350 e. The van der Waals surface area contributed by atoms with E-state index in [1.54, 1.807) is 10.9 Å². The summed E-state index contributed by atoms with van der Waals surface area (Å²) in [5, 5.41) is 7.78. The van der Waals surface area contributed by atoms with Gasteiger partial charge in [-0.3, -0.25) is 9.48 Å². The number of nitrogens with zero attached hydrogens (tertiary/aromatic N) is 2. The van der Waals surface area contributed by atoms with Crippen LogP contribution in [0.1, 0.15) is 23.6 Å². The van der Waals surface area contributed by atoms with Crippen molar-refractivity contribution in [1.29, 1.82) is 0 Å². The fourth-order valence-corrected chi connectivity index (χ4v) is 2.57. The second-order valence-electron chi connectivity index (χ2n) is 5.16. The number of benzene rings is 1. The molecule has 2 aromatic rings. The first-order valence-electron chi connectivity index (χ1n) is 6.65. The summed E-state index contributed by atoms with van der Waals surface area (Å²) in [5.41, 5.74) is 2.19. The highest BCUT2D eigenvalue weighted by Crippen LogP contribution is 2.47. The molecular formula is C15H16ClN3O. The summed E-state index contributed by atoms with van der Waals surface area (Å²) in [5.74, 6) is 0.536. The zero-order valence-electron chi connectivity index (χ0n) is 11.2. The SMILES string of the molecule is Cn1nccc1CNC(=O)[C@H]1C[C@H]1c1ccc(Cl)cc1. The van der Waals surface area contributed by atoms with E-state index in [-0.39, 0.29) is 11.8 Å². The molecule has 0 saturated heterocycles. The van der Waals surface area contributed by atoms with Crippen LogP contribution in [0.5, 0.6) is 0 Å². The summed E-state index contributed by atoms with van der Waals surface area (Å²) in [6.07, 6.45) is 2.65. The van der Waals surface area contributed by atoms with Gasteiger partial charge in [-0.05, 0) is 36.1 Å². The van der Waals surface area contributed by atoms with Crippen LogP contribution in [0.3, 0.4) is 0 Å². The normalized spacial score (nSPS) is 20.7. The third kappa shape index (κ3) is 2.70. The summed E-state index contributed by atoms with van der Waals surface area (Å²) < 4.78 is 1.77. The van der Waals surface area contributed by atoms with E-state index in [2.05, 4.69) is 10.4 Å². The van der Waals surface area contributed by atoms with Crippen LogP contribution >= 0.6 is 11.6 Å². The standard InChI is InChI=1S/C15H16ClN3O/c1-19-12(6-7-18-19)9-17-15(20)14-8-13(14)10-2-4-11(16)5-3-10/h2-7,13-14H,8-9H2,1H3,(H,17,20)/t13-,14-/m0/s1. The van der Waals surface area contributed by atoms with E-state index in [9.17, 15) is 4.79 Å². The molecule has 0 aliphatic heterocycles. The van der Waals surface area contributed by atoms with E-state index in [0.29, 0.717) is 12.5 Å². The molecule has 20 heavy (non-hydrogen) atoms. The molecule has 0 unspecified atom stereocenters. The maximum absolute atomic E-state index is 12.1. The summed E-state index contributed by atoms with van der Waals surface area (Å²) in [7, 11) is 1.87. The molecule has 0 radical (unpaired) electrons. The molecule has 1 aromatic carbocycles. The minimum atomic E-state index is 0.0874. The number of amides is 1. The van der Waals surface area contributed by atoms with E-state index in [1.807, 2.05) is 37.4 Å². The molecule has 1 saturated carbocycles. The van der Waals surface area contributed by atoms with Crippen molar-refractivity contribution in [2.45, 2.75) is 18.9 Å². The molecule has 0 bridgehead atoms. The predicted octanol–water partition coefficient (Wildman–Crippen LogP) is 2.49. The zero-order chi connectivity index (χ0) is 14.1. The Balaban J connectivity index is 1.55. The topological polar surface area (TPSA) is 46.9 Å². The summed E-state index contributed by atoms with van der Waals surface area (Å²) in [6.45, 7) is 0.527. The number of carbonyl (C=O) groups excluding carboxylic acids is 1. The Morgan fingerprint density at radius 2 is 2.15 bits per heavy atom. The van der Waals surface area contributed by atoms with Gasteiger partial charge in [0, 0.05) is 24.2 Å². The van der Waals surface area contributed by atoms with Gasteiger partial charge in [-0.15, -0.1) is 0 Å². The van der Waals surface area contributed by atoms with Gasteiger partial charge < -0.3 is 5.32 Å². The molecule has 1 heterocycles. The maximum atomic E-state index is 12.1. The van der Waals surface area contributed by atoms with E-state index in [0.717, 1.165) is 17.1 Å². The lowest BCUT2D eigenvalue weighted by atomic mass is 10.1. The Morgan fingerprint density at radius 3 is 2.80 bits per heavy atom. The van der Waals surface area contributed by atoms with Gasteiger partial charge in [0.15, 0.2) is 0 Å². The molecular weight excluding hydrogens is 274 g/mol. The number of halogens is 1. The van der Waals surface area contributed by atoms with Gasteiger partial charge in [-0.2, -0.15) is 5.10 Å². The molecule has 1 fully saturated rings. The average molecular weight is 290 g/mol. The summed E-state index contributed by atoms with van der Waals surface area (Å²) in [6, 6.07) is 9.66. The quantitative estimate of drug-likeness (QED) is 0.940. The van der Waals surface area contributed by atoms with Gasteiger partial charge >= 0.3 is 0 Å². The van der Waals surface area contributed by atoms with Crippen molar-refractivity contribution in [3.63, 3.8) is 0 Å². The fraction of sp³-hybridized carbons (Fsp3) is 0.333. The van der Waals surface area contributed by atoms with Crippen molar-refractivity contribution in [3.05, 3.63) is 52.8 Å². The number of hydrogen-bond donors (Lipinski definition) is 1. The van der Waals surface area contributed by atoms with Crippen LogP contribution in [0.4, 0.5) is 0 Å². The van der Waals surface area contributed by atoms with Gasteiger partial charge in [-0.25, -0.2) is 0 Å². The third-order valence-electron chi connectivity index (χ3n) is 3.79. The molecule has 1 N–H and O–H groups in total. The first-order valence-corrected chi connectivity index (χ1v) is 7.03. The molecule has 1 aromatic heterocycles.